The lowest BCUT2D eigenvalue weighted by Crippen LogP contribution is -2.59. The summed E-state index contributed by atoms with van der Waals surface area (Å²) < 4.78 is 0. The lowest BCUT2D eigenvalue weighted by atomic mass is 9.99. The van der Waals surface area contributed by atoms with Crippen molar-refractivity contribution in [2.45, 2.75) is 166 Å². The molecular weight excluding hydrogens is 1100 g/mol. The maximum absolute atomic E-state index is 14.1. The van der Waals surface area contributed by atoms with Gasteiger partial charge in [0.15, 0.2) is 0 Å². The largest absolute Gasteiger partial charge is 0.480 e. The van der Waals surface area contributed by atoms with Crippen molar-refractivity contribution in [1.29, 1.82) is 0 Å². The molecule has 22 heteroatoms. The minimum atomic E-state index is -1.39. The fourth-order valence-electron chi connectivity index (χ4n) is 9.61. The SMILES string of the molecule is CC(C)C[C@@H](NC(=O)[C@@H](Cc1ccccc1)NC(=O)[C@H](N)Cc1ccccc1)C(=O)N[C@H](CCCN)C(=O)NCCCC[C@H](NC(=O)[C@@H](CCCN)NC(=O)[C@@H](CC(C)C)NC(=O)[C@@H](Cc1ccccc1)NC(=O)[C@H](N)Cc1ccccc1)C(=O)O. The van der Waals surface area contributed by atoms with Crippen molar-refractivity contribution in [3.63, 3.8) is 0 Å². The van der Waals surface area contributed by atoms with Gasteiger partial charge in [0.25, 0.3) is 0 Å². The lowest BCUT2D eigenvalue weighted by Gasteiger charge is -2.27. The highest BCUT2D eigenvalue weighted by atomic mass is 16.4. The monoisotopic (exact) mass is 1190 g/mol. The highest BCUT2D eigenvalue weighted by molar-refractivity contribution is 5.97. The Kier molecular flexibility index (Phi) is 31.2. The van der Waals surface area contributed by atoms with Gasteiger partial charge in [0.1, 0.15) is 42.3 Å². The summed E-state index contributed by atoms with van der Waals surface area (Å²) in [6.45, 7) is 7.91. The van der Waals surface area contributed by atoms with Crippen LogP contribution in [0.5, 0.6) is 0 Å². The highest BCUT2D eigenvalue weighted by Crippen LogP contribution is 2.14. The first-order valence-electron chi connectivity index (χ1n) is 29.9. The Labute approximate surface area is 505 Å². The molecule has 4 rings (SSSR count). The number of carbonyl (C=O) groups excluding carboxylic acids is 8. The molecule has 0 aliphatic heterocycles. The molecule has 8 amide bonds. The van der Waals surface area contributed by atoms with Crippen LogP contribution in [-0.4, -0.2) is 132 Å². The van der Waals surface area contributed by atoms with Crippen molar-refractivity contribution in [3.8, 4) is 0 Å². The summed E-state index contributed by atoms with van der Waals surface area (Å²) in [7, 11) is 0. The van der Waals surface area contributed by atoms with Gasteiger partial charge in [0.05, 0.1) is 12.1 Å². The van der Waals surface area contributed by atoms with Gasteiger partial charge in [-0.3, -0.25) is 38.4 Å². The molecule has 0 spiro atoms. The lowest BCUT2D eigenvalue weighted by molar-refractivity contribution is -0.142. The summed E-state index contributed by atoms with van der Waals surface area (Å²) in [4.78, 5) is 124. The van der Waals surface area contributed by atoms with Gasteiger partial charge in [0, 0.05) is 19.4 Å². The van der Waals surface area contributed by atoms with Crippen molar-refractivity contribution in [2.75, 3.05) is 19.6 Å². The Balaban J connectivity index is 1.37. The Hall–Kier alpha value is -8.05. The zero-order valence-electron chi connectivity index (χ0n) is 50.1. The summed E-state index contributed by atoms with van der Waals surface area (Å²) in [6, 6.07) is 26.4. The van der Waals surface area contributed by atoms with E-state index in [1.165, 1.54) is 0 Å². The number of benzene rings is 4. The normalized spacial score (nSPS) is 14.3. The van der Waals surface area contributed by atoms with Gasteiger partial charge in [-0.15, -0.1) is 0 Å². The fourth-order valence-corrected chi connectivity index (χ4v) is 9.61. The fraction of sp³-hybridized carbons (Fsp3) is 0.484. The Morgan fingerprint density at radius 2 is 0.651 bits per heavy atom. The molecule has 4 aromatic rings. The number of nitrogens with two attached hydrogens (primary N) is 4. The minimum absolute atomic E-state index is 0.0466. The Morgan fingerprint density at radius 3 is 1.00 bits per heavy atom. The maximum atomic E-state index is 14.1. The molecule has 17 N–H and O–H groups in total. The van der Waals surface area contributed by atoms with Crippen LogP contribution < -0.4 is 65.5 Å². The van der Waals surface area contributed by atoms with E-state index < -0.39 is 108 Å². The van der Waals surface area contributed by atoms with E-state index >= 15 is 0 Å². The molecule has 0 fully saturated rings. The number of carbonyl (C=O) groups is 9. The number of rotatable bonds is 39. The van der Waals surface area contributed by atoms with Crippen molar-refractivity contribution in [2.24, 2.45) is 34.8 Å². The van der Waals surface area contributed by atoms with Crippen LogP contribution in [0, 0.1) is 11.8 Å². The molecule has 468 valence electrons. The molecule has 0 saturated heterocycles. The molecule has 0 bridgehead atoms. The predicted octanol–water partition coefficient (Wildman–Crippen LogP) is 1.95. The van der Waals surface area contributed by atoms with E-state index in [1.54, 1.807) is 24.3 Å². The average molecular weight is 1190 g/mol. The first-order chi connectivity index (χ1) is 41.2. The number of aliphatic carboxylic acids is 1. The number of amides is 8. The molecule has 86 heavy (non-hydrogen) atoms. The third kappa shape index (κ3) is 26.1. The van der Waals surface area contributed by atoms with Gasteiger partial charge in [-0.05, 0) is 118 Å². The molecule has 0 heterocycles. The predicted molar refractivity (Wildman–Crippen MR) is 330 cm³/mol. The highest BCUT2D eigenvalue weighted by Gasteiger charge is 2.34. The molecule has 4 aromatic carbocycles. The Bertz CT molecular complexity index is 2740. The second-order valence-corrected chi connectivity index (χ2v) is 22.6. The van der Waals surface area contributed by atoms with Crippen LogP contribution in [0.2, 0.25) is 0 Å². The second kappa shape index (κ2) is 38.1. The second-order valence-electron chi connectivity index (χ2n) is 22.6. The van der Waals surface area contributed by atoms with E-state index in [1.807, 2.05) is 125 Å². The van der Waals surface area contributed by atoms with Crippen molar-refractivity contribution in [1.82, 2.24) is 42.5 Å². The first-order valence-corrected chi connectivity index (χ1v) is 29.9. The molecule has 0 radical (unpaired) electrons. The minimum Gasteiger partial charge on any atom is -0.480 e. The zero-order valence-corrected chi connectivity index (χ0v) is 50.1. The summed E-state index contributed by atoms with van der Waals surface area (Å²) in [5.74, 6) is -6.55. The van der Waals surface area contributed by atoms with Gasteiger partial charge in [-0.1, -0.05) is 149 Å². The van der Waals surface area contributed by atoms with E-state index in [9.17, 15) is 48.3 Å². The third-order valence-corrected chi connectivity index (χ3v) is 14.3. The zero-order chi connectivity index (χ0) is 63.0. The summed E-state index contributed by atoms with van der Waals surface area (Å²) in [5, 5.41) is 32.3. The molecule has 0 unspecified atom stereocenters. The van der Waals surface area contributed by atoms with Crippen LogP contribution in [0.3, 0.4) is 0 Å². The van der Waals surface area contributed by atoms with E-state index in [0.29, 0.717) is 6.42 Å². The van der Waals surface area contributed by atoms with Crippen LogP contribution in [-0.2, 0) is 68.8 Å². The van der Waals surface area contributed by atoms with Gasteiger partial charge < -0.3 is 70.6 Å². The standard InChI is InChI=1S/C64H92N12O10/c1-41(2)35-52(75-62(83)54(39-45-25-13-7-14-26-45)73-56(77)47(67)37-43-21-9-5-10-22-43)60(81)70-49(30-19-32-65)58(79)69-34-18-17-29-51(64(85)86)72-59(80)50(31-20-33-66)71-61(82)53(36-42(3)4)76-63(84)55(40-46-27-15-8-16-28-46)74-57(78)48(68)38-44-23-11-6-12-24-44/h5-16,21-28,41-42,47-55H,17-20,29-40,65-68H2,1-4H3,(H,69,79)(H,70,81)(H,71,82)(H,72,80)(H,73,77)(H,74,78)(H,75,83)(H,76,84)(H,85,86)/t47-,48-,49-,50-,51+,52-,53-,54-,55-/m1/s1. The molecule has 0 aromatic heterocycles. The maximum Gasteiger partial charge on any atom is 0.326 e. The van der Waals surface area contributed by atoms with Crippen molar-refractivity contribution < 1.29 is 48.3 Å². The van der Waals surface area contributed by atoms with Gasteiger partial charge in [-0.2, -0.15) is 0 Å². The van der Waals surface area contributed by atoms with E-state index in [0.717, 1.165) is 22.3 Å². The van der Waals surface area contributed by atoms with E-state index in [-0.39, 0.29) is 109 Å². The molecule has 0 aliphatic carbocycles. The van der Waals surface area contributed by atoms with Crippen LogP contribution in [0.4, 0.5) is 0 Å². The molecular formula is C64H92N12O10. The van der Waals surface area contributed by atoms with Gasteiger partial charge >= 0.3 is 5.97 Å². The van der Waals surface area contributed by atoms with Crippen LogP contribution in [0.15, 0.2) is 121 Å². The summed E-state index contributed by atoms with van der Waals surface area (Å²) >= 11 is 0. The van der Waals surface area contributed by atoms with E-state index in [4.69, 9.17) is 22.9 Å². The smallest absolute Gasteiger partial charge is 0.326 e. The quantitative estimate of drug-likeness (QED) is 0.0284. The molecule has 0 aliphatic rings. The van der Waals surface area contributed by atoms with Crippen molar-refractivity contribution in [3.05, 3.63) is 144 Å². The topological polar surface area (TPSA) is 374 Å². The average Bonchev–Trinajstić information content (AvgIpc) is 3.63. The summed E-state index contributed by atoms with van der Waals surface area (Å²) in [5.41, 5.74) is 27.4. The molecule has 22 nitrogen and oxygen atoms in total. The Morgan fingerprint density at radius 1 is 0.360 bits per heavy atom. The summed E-state index contributed by atoms with van der Waals surface area (Å²) in [6.07, 6.45) is 2.30. The van der Waals surface area contributed by atoms with Crippen LogP contribution in [0.1, 0.15) is 108 Å². The number of carboxylic acids is 1. The number of unbranched alkanes of at least 4 members (excludes halogenated alkanes) is 1. The van der Waals surface area contributed by atoms with Crippen molar-refractivity contribution >= 4 is 53.2 Å². The molecule has 0 saturated carbocycles. The van der Waals surface area contributed by atoms with Gasteiger partial charge in [0.2, 0.25) is 47.3 Å². The number of carboxylic acid groups (broad SMARTS) is 1. The first kappa shape index (κ1) is 70.4. The third-order valence-electron chi connectivity index (χ3n) is 14.3. The number of hydrogen-bond donors (Lipinski definition) is 13. The van der Waals surface area contributed by atoms with Gasteiger partial charge in [-0.25, -0.2) is 4.79 Å². The van der Waals surface area contributed by atoms with Crippen LogP contribution >= 0.6 is 0 Å². The van der Waals surface area contributed by atoms with Crippen LogP contribution in [0.25, 0.3) is 0 Å². The number of hydrogen-bond acceptors (Lipinski definition) is 13. The van der Waals surface area contributed by atoms with E-state index in [2.05, 4.69) is 42.5 Å². The number of nitrogens with one attached hydrogen (secondary N) is 8. The molecule has 9 atom stereocenters.